The van der Waals surface area contributed by atoms with Crippen LogP contribution in [-0.4, -0.2) is 103 Å². The van der Waals surface area contributed by atoms with E-state index in [1.807, 2.05) is 12.1 Å². The van der Waals surface area contributed by atoms with E-state index in [4.69, 9.17) is 10.7 Å². The van der Waals surface area contributed by atoms with E-state index in [1.54, 1.807) is 58.7 Å². The molecule has 5 N–H and O–H groups in total. The fraction of sp³-hybridized carbons (Fsp3) is 0.512. The molecule has 10 rings (SSSR count). The van der Waals surface area contributed by atoms with Gasteiger partial charge in [-0.2, -0.15) is 53.3 Å². The summed E-state index contributed by atoms with van der Waals surface area (Å²) in [5.74, 6) is -0.657. The van der Waals surface area contributed by atoms with Crippen molar-refractivity contribution in [3.05, 3.63) is 72.8 Å². The van der Waals surface area contributed by atoms with Crippen molar-refractivity contribution in [2.75, 3.05) is 93.6 Å². The van der Waals surface area contributed by atoms with Crippen LogP contribution in [0.5, 0.6) is 0 Å². The Hall–Kier alpha value is -5.05. The minimum Gasteiger partial charge on any atom is -0.397 e. The lowest BCUT2D eigenvalue weighted by molar-refractivity contribution is -0.176. The highest BCUT2D eigenvalue weighted by atomic mass is 32.1. The quantitative estimate of drug-likeness (QED) is 0.147. The van der Waals surface area contributed by atoms with Crippen LogP contribution in [0.25, 0.3) is 0 Å². The van der Waals surface area contributed by atoms with Gasteiger partial charge >= 0.3 is 12.4 Å². The Bertz CT molecular complexity index is 2160. The fourth-order valence-corrected chi connectivity index (χ4v) is 9.14. The molecule has 13 nitrogen and oxygen atoms in total. The van der Waals surface area contributed by atoms with Crippen molar-refractivity contribution in [2.45, 2.75) is 75.8 Å². The number of carbonyl (C=O) groups is 1. The smallest absolute Gasteiger partial charge is 0.393 e. The van der Waals surface area contributed by atoms with Crippen LogP contribution in [-0.2, 0) is 0 Å². The number of pyridine rings is 4. The predicted octanol–water partition coefficient (Wildman–Crippen LogP) is 8.05. The fourth-order valence-electron chi connectivity index (χ4n) is 9.14. The highest BCUT2D eigenvalue weighted by Gasteiger charge is 2.44. The Kier molecular flexibility index (Phi) is 15.8. The molecule has 1 amide bonds. The average Bonchev–Trinajstić information content (AvgIpc) is 3.27. The Morgan fingerprint density at radius 2 is 1.20 bits per heavy atom. The normalized spacial score (nSPS) is 22.2. The van der Waals surface area contributed by atoms with Crippen molar-refractivity contribution in [1.82, 2.24) is 19.9 Å². The van der Waals surface area contributed by atoms with E-state index in [0.717, 1.165) is 69.1 Å². The number of rotatable bonds is 4. The molecule has 0 aliphatic carbocycles. The molecular weight excluding hydrogens is 879 g/mol. The van der Waals surface area contributed by atoms with E-state index in [1.165, 1.54) is 6.20 Å². The first kappa shape index (κ1) is 48.4. The molecule has 4 atom stereocenters. The number of amides is 1. The molecule has 10 heterocycles. The molecule has 64 heavy (non-hydrogen) atoms. The number of nitrogens with two attached hydrogens (primary N) is 1. The van der Waals surface area contributed by atoms with Crippen molar-refractivity contribution >= 4 is 78.9 Å². The number of alkyl halides is 6. The van der Waals surface area contributed by atoms with E-state index < -0.39 is 30.1 Å². The number of nitrogens with zero attached hydrogens (tertiary/aromatic N) is 8. The van der Waals surface area contributed by atoms with Gasteiger partial charge in [-0.05, 0) is 93.8 Å². The zero-order valence-corrected chi connectivity index (χ0v) is 37.3. The van der Waals surface area contributed by atoms with Crippen molar-refractivity contribution in [1.29, 1.82) is 0 Å². The Morgan fingerprint density at radius 3 is 1.77 bits per heavy atom. The second-order valence-electron chi connectivity index (χ2n) is 16.8. The second-order valence-corrected chi connectivity index (χ2v) is 16.8. The maximum absolute atomic E-state index is 13.5. The van der Waals surface area contributed by atoms with Gasteiger partial charge in [0.25, 0.3) is 5.91 Å². The van der Waals surface area contributed by atoms with E-state index in [0.29, 0.717) is 60.8 Å². The van der Waals surface area contributed by atoms with Crippen molar-refractivity contribution in [3.63, 3.8) is 0 Å². The molecule has 6 aliphatic heterocycles. The summed E-state index contributed by atoms with van der Waals surface area (Å²) in [6.07, 6.45) is 3.67. The lowest BCUT2D eigenvalue weighted by atomic mass is 9.96. The lowest BCUT2D eigenvalue weighted by Gasteiger charge is -2.42. The van der Waals surface area contributed by atoms with Crippen LogP contribution in [0.4, 0.5) is 72.4 Å². The maximum atomic E-state index is 13.5. The second kappa shape index (κ2) is 20.8. The number of piperidine rings is 4. The molecule has 0 spiro atoms. The van der Waals surface area contributed by atoms with Crippen LogP contribution >= 0.6 is 27.0 Å². The van der Waals surface area contributed by atoms with Gasteiger partial charge in [-0.15, -0.1) is 0 Å². The minimum absolute atomic E-state index is 0. The molecule has 0 aromatic carbocycles. The van der Waals surface area contributed by atoms with Gasteiger partial charge in [0.15, 0.2) is 11.6 Å². The first-order chi connectivity index (χ1) is 29.8. The lowest BCUT2D eigenvalue weighted by Crippen LogP contribution is -2.47. The number of aromatic nitrogens is 4. The molecule has 6 aliphatic rings. The summed E-state index contributed by atoms with van der Waals surface area (Å²) in [4.78, 5) is 38.3. The molecule has 0 saturated carbocycles. The number of hydrogen-bond acceptors (Lipinski definition) is 12. The van der Waals surface area contributed by atoms with Crippen LogP contribution in [0, 0.1) is 11.8 Å². The van der Waals surface area contributed by atoms with E-state index in [9.17, 15) is 31.1 Å². The number of anilines is 8. The van der Waals surface area contributed by atoms with Gasteiger partial charge in [0.1, 0.15) is 11.6 Å². The SMILES string of the molecule is FC(F)(F)C1CCCN(c2ccc3c(n2)N[C@H]2CCCN3C2)C1.Nc1cccnc1.O=C(Nc1cccnc1)c1cc2c(nc1N1CCCC(C(F)(F)F)C1)N[C@H]1CCCN2C1.S.S. The number of halogens is 6. The Labute approximate surface area is 382 Å². The summed E-state index contributed by atoms with van der Waals surface area (Å²) in [5, 5.41) is 9.68. The monoisotopic (exact) mass is 934 g/mol. The van der Waals surface area contributed by atoms with E-state index >= 15 is 0 Å². The van der Waals surface area contributed by atoms with Gasteiger partial charge in [-0.1, -0.05) is 0 Å². The molecule has 4 aromatic heterocycles. The predicted molar refractivity (Wildman–Crippen MR) is 250 cm³/mol. The third-order valence-corrected chi connectivity index (χ3v) is 12.3. The number of carbonyl (C=O) groups excluding carboxylic acids is 1. The summed E-state index contributed by atoms with van der Waals surface area (Å²) in [6, 6.07) is 13.3. The van der Waals surface area contributed by atoms with Gasteiger partial charge in [0.05, 0.1) is 46.3 Å². The summed E-state index contributed by atoms with van der Waals surface area (Å²) in [6.45, 7) is 4.62. The molecule has 4 aromatic rings. The van der Waals surface area contributed by atoms with Gasteiger partial charge in [0.2, 0.25) is 0 Å². The van der Waals surface area contributed by atoms with Crippen molar-refractivity contribution < 1.29 is 31.1 Å². The zero-order valence-electron chi connectivity index (χ0n) is 35.3. The van der Waals surface area contributed by atoms with Crippen molar-refractivity contribution in [2.24, 2.45) is 11.8 Å². The number of hydrogen-bond donors (Lipinski definition) is 4. The highest BCUT2D eigenvalue weighted by molar-refractivity contribution is 7.59. The van der Waals surface area contributed by atoms with Gasteiger partial charge in [0, 0.05) is 83.0 Å². The first-order valence-electron chi connectivity index (χ1n) is 21.4. The van der Waals surface area contributed by atoms with Gasteiger partial charge < -0.3 is 41.3 Å². The van der Waals surface area contributed by atoms with Crippen LogP contribution in [0.15, 0.2) is 67.3 Å². The van der Waals surface area contributed by atoms with Gasteiger partial charge in [-0.25, -0.2) is 9.97 Å². The van der Waals surface area contributed by atoms with E-state index in [-0.39, 0.29) is 64.5 Å². The highest BCUT2D eigenvalue weighted by Crippen LogP contribution is 2.41. The molecule has 21 heteroatoms. The Morgan fingerprint density at radius 1 is 0.656 bits per heavy atom. The topological polar surface area (TPSA) is 144 Å². The summed E-state index contributed by atoms with van der Waals surface area (Å²) < 4.78 is 79.3. The van der Waals surface area contributed by atoms with Crippen LogP contribution in [0.1, 0.15) is 61.7 Å². The number of fused-ring (bicyclic) bond motifs is 8. The summed E-state index contributed by atoms with van der Waals surface area (Å²) >= 11 is 0. The summed E-state index contributed by atoms with van der Waals surface area (Å²) in [7, 11) is 0. The van der Waals surface area contributed by atoms with Crippen LogP contribution in [0.3, 0.4) is 0 Å². The molecular formula is C43H56F6N12OS2. The molecule has 0 radical (unpaired) electrons. The van der Waals surface area contributed by atoms with E-state index in [2.05, 4.69) is 40.7 Å². The first-order valence-corrected chi connectivity index (χ1v) is 21.4. The molecule has 4 saturated heterocycles. The van der Waals surface area contributed by atoms with Crippen molar-refractivity contribution in [3.8, 4) is 0 Å². The average molecular weight is 935 g/mol. The van der Waals surface area contributed by atoms with Crippen LogP contribution in [0.2, 0.25) is 0 Å². The standard InChI is InChI=1S/C22H25F3N6O.C16H21F3N4.C5H6N2.2H2S/c23-22(24,25)14-4-2-9-31(12-14)20-17(21(32)28-15-5-1-7-26-11-15)10-18-19(29-20)27-16-6-3-8-30(18)13-16;17-16(18,19)11-3-1-8-23(9-11)14-6-5-13-15(21-14)20-12-4-2-7-22(13)10-12;6-5-2-1-3-7-4-5;;/h1,5,7,10-11,14,16H,2-4,6,8-9,12-13H2,(H,27,29)(H,28,32);5-6,11-12H,1-4,7-10H2,(H,20,21);1-4H,6H2;2*1H2/t14?,16-;11?,12-;;;/m00.../s1. The molecule has 348 valence electrons. The molecule has 2 unspecified atom stereocenters. The zero-order chi connectivity index (χ0) is 43.4. The maximum Gasteiger partial charge on any atom is 0.393 e. The number of nitrogens with one attached hydrogen (secondary N) is 3. The number of nitrogen functional groups attached to an aromatic ring is 1. The summed E-state index contributed by atoms with van der Waals surface area (Å²) in [5.41, 5.74) is 8.70. The minimum atomic E-state index is -4.27. The Balaban J connectivity index is 0.000000186. The van der Waals surface area contributed by atoms with Crippen LogP contribution < -0.4 is 41.3 Å². The molecule has 4 bridgehead atoms. The third-order valence-electron chi connectivity index (χ3n) is 12.3. The molecule has 4 fully saturated rings. The third kappa shape index (κ3) is 11.6. The largest absolute Gasteiger partial charge is 0.397 e. The van der Waals surface area contributed by atoms with Gasteiger partial charge in [-0.3, -0.25) is 14.8 Å².